The molecule has 0 radical (unpaired) electrons. The second kappa shape index (κ2) is 4.42. The molecule has 15 heavy (non-hydrogen) atoms. The number of hydrogen-bond acceptors (Lipinski definition) is 4. The molecule has 2 heterocycles. The van der Waals surface area contributed by atoms with E-state index >= 15 is 0 Å². The SMILES string of the molecule is O=Cc1ccc(Oc2cncc(Cl)c2)s1. The maximum atomic E-state index is 10.4. The van der Waals surface area contributed by atoms with Gasteiger partial charge in [0, 0.05) is 12.3 Å². The van der Waals surface area contributed by atoms with Crippen molar-refractivity contribution in [1.82, 2.24) is 4.98 Å². The third kappa shape index (κ3) is 2.55. The van der Waals surface area contributed by atoms with Gasteiger partial charge in [0.05, 0.1) is 16.1 Å². The van der Waals surface area contributed by atoms with Crippen molar-refractivity contribution in [3.8, 4) is 10.8 Å². The van der Waals surface area contributed by atoms with Gasteiger partial charge in [0.25, 0.3) is 0 Å². The maximum Gasteiger partial charge on any atom is 0.181 e. The molecule has 0 bridgehead atoms. The van der Waals surface area contributed by atoms with Crippen LogP contribution in [0.25, 0.3) is 0 Å². The zero-order valence-corrected chi connectivity index (χ0v) is 9.09. The summed E-state index contributed by atoms with van der Waals surface area (Å²) >= 11 is 7.02. The van der Waals surface area contributed by atoms with Gasteiger partial charge < -0.3 is 4.74 Å². The average molecular weight is 240 g/mol. The number of aldehydes is 1. The summed E-state index contributed by atoms with van der Waals surface area (Å²) in [4.78, 5) is 15.0. The van der Waals surface area contributed by atoms with Gasteiger partial charge in [-0.15, -0.1) is 0 Å². The Morgan fingerprint density at radius 2 is 2.27 bits per heavy atom. The summed E-state index contributed by atoms with van der Waals surface area (Å²) < 4.78 is 5.45. The van der Waals surface area contributed by atoms with Crippen LogP contribution in [0, 0.1) is 0 Å². The van der Waals surface area contributed by atoms with E-state index in [1.807, 2.05) is 0 Å². The van der Waals surface area contributed by atoms with Gasteiger partial charge in [-0.3, -0.25) is 9.78 Å². The number of thiophene rings is 1. The molecule has 76 valence electrons. The summed E-state index contributed by atoms with van der Waals surface area (Å²) in [6.45, 7) is 0. The third-order valence-corrected chi connectivity index (χ3v) is 2.71. The summed E-state index contributed by atoms with van der Waals surface area (Å²) in [5.41, 5.74) is 0. The predicted octanol–water partition coefficient (Wildman–Crippen LogP) is 3.40. The summed E-state index contributed by atoms with van der Waals surface area (Å²) in [7, 11) is 0. The minimum atomic E-state index is 0.514. The van der Waals surface area contributed by atoms with Gasteiger partial charge in [-0.05, 0) is 12.1 Å². The van der Waals surface area contributed by atoms with Gasteiger partial charge in [0.1, 0.15) is 5.75 Å². The largest absolute Gasteiger partial charge is 0.445 e. The van der Waals surface area contributed by atoms with Gasteiger partial charge in [-0.2, -0.15) is 0 Å². The molecule has 0 amide bonds. The molecule has 0 aliphatic heterocycles. The lowest BCUT2D eigenvalue weighted by Gasteiger charge is -2.01. The Hall–Kier alpha value is -1.39. The van der Waals surface area contributed by atoms with E-state index in [0.717, 1.165) is 6.29 Å². The quantitative estimate of drug-likeness (QED) is 0.771. The Labute approximate surface area is 95.3 Å². The Bertz CT molecular complexity index is 484. The molecule has 2 aromatic heterocycles. The number of hydrogen-bond donors (Lipinski definition) is 0. The van der Waals surface area contributed by atoms with Crippen LogP contribution in [0.2, 0.25) is 5.02 Å². The second-order valence-corrected chi connectivity index (χ2v) is 4.23. The van der Waals surface area contributed by atoms with Crippen molar-refractivity contribution < 1.29 is 9.53 Å². The fourth-order valence-corrected chi connectivity index (χ4v) is 1.87. The number of aromatic nitrogens is 1. The zero-order valence-electron chi connectivity index (χ0n) is 7.51. The molecule has 0 fully saturated rings. The van der Waals surface area contributed by atoms with E-state index in [1.165, 1.54) is 17.5 Å². The molecule has 2 aromatic rings. The van der Waals surface area contributed by atoms with Gasteiger partial charge in [-0.1, -0.05) is 22.9 Å². The molecule has 0 saturated heterocycles. The Morgan fingerprint density at radius 3 is 2.93 bits per heavy atom. The van der Waals surface area contributed by atoms with Crippen molar-refractivity contribution in [2.45, 2.75) is 0 Å². The van der Waals surface area contributed by atoms with Crippen molar-refractivity contribution >= 4 is 29.2 Å². The van der Waals surface area contributed by atoms with Crippen molar-refractivity contribution in [2.24, 2.45) is 0 Å². The van der Waals surface area contributed by atoms with Crippen molar-refractivity contribution in [3.05, 3.63) is 40.5 Å². The molecular formula is C10H6ClNO2S. The number of rotatable bonds is 3. The fraction of sp³-hybridized carbons (Fsp3) is 0. The molecule has 0 saturated carbocycles. The van der Waals surface area contributed by atoms with E-state index in [9.17, 15) is 4.79 Å². The Kier molecular flexibility index (Phi) is 2.99. The fourth-order valence-electron chi connectivity index (χ4n) is 1.02. The van der Waals surface area contributed by atoms with E-state index in [4.69, 9.17) is 16.3 Å². The van der Waals surface area contributed by atoms with Crippen LogP contribution < -0.4 is 4.74 Å². The number of carbonyl (C=O) groups excluding carboxylic acids is 1. The number of pyridine rings is 1. The van der Waals surface area contributed by atoms with Crippen molar-refractivity contribution in [3.63, 3.8) is 0 Å². The summed E-state index contributed by atoms with van der Waals surface area (Å²) in [6, 6.07) is 5.09. The first-order valence-electron chi connectivity index (χ1n) is 4.11. The van der Waals surface area contributed by atoms with E-state index in [2.05, 4.69) is 4.98 Å². The smallest absolute Gasteiger partial charge is 0.181 e. The van der Waals surface area contributed by atoms with Gasteiger partial charge >= 0.3 is 0 Å². The highest BCUT2D eigenvalue weighted by molar-refractivity contribution is 7.15. The first-order chi connectivity index (χ1) is 7.28. The first kappa shape index (κ1) is 10.1. The molecule has 0 unspecified atom stereocenters. The topological polar surface area (TPSA) is 39.2 Å². The molecular weight excluding hydrogens is 234 g/mol. The minimum absolute atomic E-state index is 0.514. The lowest BCUT2D eigenvalue weighted by molar-refractivity contribution is 0.112. The maximum absolute atomic E-state index is 10.4. The van der Waals surface area contributed by atoms with Gasteiger partial charge in [0.15, 0.2) is 11.3 Å². The molecule has 0 spiro atoms. The van der Waals surface area contributed by atoms with Crippen molar-refractivity contribution in [1.29, 1.82) is 0 Å². The van der Waals surface area contributed by atoms with Crippen LogP contribution >= 0.6 is 22.9 Å². The monoisotopic (exact) mass is 239 g/mol. The lowest BCUT2D eigenvalue weighted by Crippen LogP contribution is -1.81. The molecule has 0 N–H and O–H groups in total. The highest BCUT2D eigenvalue weighted by Gasteiger charge is 2.02. The molecule has 3 nitrogen and oxygen atoms in total. The molecule has 2 rings (SSSR count). The molecule has 0 atom stereocenters. The van der Waals surface area contributed by atoms with Crippen LogP contribution in [0.3, 0.4) is 0 Å². The van der Waals surface area contributed by atoms with Crippen LogP contribution in [0.1, 0.15) is 9.67 Å². The lowest BCUT2D eigenvalue weighted by atomic mass is 10.4. The van der Waals surface area contributed by atoms with Gasteiger partial charge in [0.2, 0.25) is 0 Å². The summed E-state index contributed by atoms with van der Waals surface area (Å²) in [6.07, 6.45) is 3.87. The predicted molar refractivity (Wildman–Crippen MR) is 59.0 cm³/mol. The van der Waals surface area contributed by atoms with Crippen molar-refractivity contribution in [2.75, 3.05) is 0 Å². The highest BCUT2D eigenvalue weighted by Crippen LogP contribution is 2.29. The second-order valence-electron chi connectivity index (χ2n) is 2.72. The van der Waals surface area contributed by atoms with E-state index < -0.39 is 0 Å². The van der Waals surface area contributed by atoms with Gasteiger partial charge in [-0.25, -0.2) is 0 Å². The van der Waals surface area contributed by atoms with Crippen LogP contribution in [0.15, 0.2) is 30.6 Å². The molecule has 0 aliphatic carbocycles. The summed E-state index contributed by atoms with van der Waals surface area (Å²) in [5, 5.41) is 1.15. The molecule has 0 aromatic carbocycles. The minimum Gasteiger partial charge on any atom is -0.445 e. The van der Waals surface area contributed by atoms with Crippen LogP contribution in [-0.2, 0) is 0 Å². The number of halogens is 1. The Balaban J connectivity index is 2.18. The average Bonchev–Trinajstić information content (AvgIpc) is 2.65. The normalized spacial score (nSPS) is 9.93. The van der Waals surface area contributed by atoms with Crippen LogP contribution in [0.5, 0.6) is 10.8 Å². The number of nitrogens with zero attached hydrogens (tertiary/aromatic N) is 1. The summed E-state index contributed by atoms with van der Waals surface area (Å²) in [5.74, 6) is 0.557. The van der Waals surface area contributed by atoms with E-state index in [-0.39, 0.29) is 0 Å². The third-order valence-electron chi connectivity index (χ3n) is 1.62. The Morgan fingerprint density at radius 1 is 1.40 bits per heavy atom. The highest BCUT2D eigenvalue weighted by atomic mass is 35.5. The molecule has 5 heteroatoms. The zero-order chi connectivity index (χ0) is 10.7. The van der Waals surface area contributed by atoms with Crippen LogP contribution in [-0.4, -0.2) is 11.3 Å². The molecule has 0 aliphatic rings. The van der Waals surface area contributed by atoms with E-state index in [0.29, 0.717) is 20.7 Å². The standard InChI is InChI=1S/C10H6ClNO2S/c11-7-3-8(5-12-4-7)14-10-2-1-9(6-13)15-10/h1-6H. The number of ether oxygens (including phenoxy) is 1. The van der Waals surface area contributed by atoms with Crippen LogP contribution in [0.4, 0.5) is 0 Å². The number of carbonyl (C=O) groups is 1. The van der Waals surface area contributed by atoms with E-state index in [1.54, 1.807) is 24.4 Å². The first-order valence-corrected chi connectivity index (χ1v) is 5.31.